The number of ether oxygens (including phenoxy) is 3. The van der Waals surface area contributed by atoms with Crippen molar-refractivity contribution >= 4 is 35.6 Å². The highest BCUT2D eigenvalue weighted by Crippen LogP contribution is 2.37. The standard InChI is InChI=1S/C35H46F4N2O7S/c1-22(47-30(43)26(40-7)19-33(2,3)4)29(42)41(8)27(20-34(5,6)36)31(44)48-28(32(45)46-21-24-12-10-9-11-13-24)18-23-14-16-25(17-15-23)49-35(37,38)39/h9-17,22,26-28,40H,18-21H2,1-8H3. The van der Waals surface area contributed by atoms with Gasteiger partial charge in [0, 0.05) is 24.8 Å². The van der Waals surface area contributed by atoms with Gasteiger partial charge in [-0.05, 0) is 74.7 Å². The van der Waals surface area contributed by atoms with E-state index in [9.17, 15) is 32.3 Å². The number of amides is 1. The Balaban J connectivity index is 2.31. The van der Waals surface area contributed by atoms with Crippen molar-refractivity contribution in [2.75, 3.05) is 14.1 Å². The van der Waals surface area contributed by atoms with Gasteiger partial charge in [-0.2, -0.15) is 13.2 Å². The van der Waals surface area contributed by atoms with Crippen LogP contribution in [0, 0.1) is 5.41 Å². The Hall–Kier alpha value is -3.65. The smallest absolute Gasteiger partial charge is 0.446 e. The highest BCUT2D eigenvalue weighted by Gasteiger charge is 2.39. The summed E-state index contributed by atoms with van der Waals surface area (Å²) in [5.41, 5.74) is -5.73. The lowest BCUT2D eigenvalue weighted by atomic mass is 9.88. The maximum atomic E-state index is 15.0. The van der Waals surface area contributed by atoms with E-state index in [0.29, 0.717) is 17.5 Å². The quantitative estimate of drug-likeness (QED) is 0.0912. The van der Waals surface area contributed by atoms with E-state index in [1.54, 1.807) is 37.4 Å². The van der Waals surface area contributed by atoms with Crippen molar-refractivity contribution < 1.29 is 51.0 Å². The molecule has 2 rings (SSSR count). The van der Waals surface area contributed by atoms with Gasteiger partial charge in [0.25, 0.3) is 5.91 Å². The molecule has 0 aliphatic heterocycles. The van der Waals surface area contributed by atoms with Crippen molar-refractivity contribution in [3.63, 3.8) is 0 Å². The molecule has 0 fully saturated rings. The summed E-state index contributed by atoms with van der Waals surface area (Å²) < 4.78 is 69.9. The minimum atomic E-state index is -4.50. The molecule has 1 amide bonds. The van der Waals surface area contributed by atoms with Gasteiger partial charge in [-0.1, -0.05) is 63.2 Å². The van der Waals surface area contributed by atoms with Crippen LogP contribution < -0.4 is 5.32 Å². The second kappa shape index (κ2) is 17.8. The van der Waals surface area contributed by atoms with Gasteiger partial charge >= 0.3 is 23.4 Å². The molecular formula is C35H46F4N2O7S. The maximum Gasteiger partial charge on any atom is 0.446 e. The molecule has 0 saturated carbocycles. The molecule has 9 nitrogen and oxygen atoms in total. The zero-order valence-electron chi connectivity index (χ0n) is 29.1. The average Bonchev–Trinajstić information content (AvgIpc) is 2.99. The third-order valence-electron chi connectivity index (χ3n) is 7.18. The normalized spacial score (nSPS) is 14.6. The fourth-order valence-corrected chi connectivity index (χ4v) is 5.30. The van der Waals surface area contributed by atoms with Gasteiger partial charge < -0.3 is 24.4 Å². The summed E-state index contributed by atoms with van der Waals surface area (Å²) in [5.74, 6) is -3.59. The molecule has 272 valence electrons. The number of carbonyl (C=O) groups is 4. The van der Waals surface area contributed by atoms with Crippen molar-refractivity contribution in [2.45, 2.75) is 108 Å². The van der Waals surface area contributed by atoms with Gasteiger partial charge in [-0.3, -0.25) is 9.59 Å². The second-order valence-electron chi connectivity index (χ2n) is 13.5. The Labute approximate surface area is 289 Å². The first-order chi connectivity index (χ1) is 22.6. The highest BCUT2D eigenvalue weighted by molar-refractivity contribution is 8.00. The molecule has 0 aliphatic carbocycles. The van der Waals surface area contributed by atoms with Crippen molar-refractivity contribution in [3.05, 3.63) is 65.7 Å². The molecule has 0 bridgehead atoms. The molecule has 2 aromatic carbocycles. The maximum absolute atomic E-state index is 15.0. The Bertz CT molecular complexity index is 1390. The molecule has 0 heterocycles. The fraction of sp³-hybridized carbons (Fsp3) is 0.543. The summed E-state index contributed by atoms with van der Waals surface area (Å²) in [4.78, 5) is 54.1. The van der Waals surface area contributed by atoms with Crippen molar-refractivity contribution in [3.8, 4) is 0 Å². The molecule has 4 atom stereocenters. The highest BCUT2D eigenvalue weighted by atomic mass is 32.2. The number of esters is 3. The number of hydrogen-bond donors (Lipinski definition) is 1. The summed E-state index contributed by atoms with van der Waals surface area (Å²) >= 11 is -0.308. The van der Waals surface area contributed by atoms with Crippen LogP contribution in [0.1, 0.15) is 65.5 Å². The van der Waals surface area contributed by atoms with Gasteiger partial charge in [-0.15, -0.1) is 0 Å². The summed E-state index contributed by atoms with van der Waals surface area (Å²) in [6.45, 7) is 9.38. The van der Waals surface area contributed by atoms with Gasteiger partial charge in [0.2, 0.25) is 6.10 Å². The van der Waals surface area contributed by atoms with Crippen molar-refractivity contribution in [1.29, 1.82) is 0 Å². The van der Waals surface area contributed by atoms with Crippen LogP contribution in [0.25, 0.3) is 0 Å². The van der Waals surface area contributed by atoms with Gasteiger partial charge in [0.1, 0.15) is 24.4 Å². The van der Waals surface area contributed by atoms with Crippen molar-refractivity contribution in [2.24, 2.45) is 5.41 Å². The molecular weight excluding hydrogens is 668 g/mol. The van der Waals surface area contributed by atoms with Crippen LogP contribution in [0.5, 0.6) is 0 Å². The average molecular weight is 715 g/mol. The van der Waals surface area contributed by atoms with Gasteiger partial charge in [-0.25, -0.2) is 14.0 Å². The molecule has 2 aromatic rings. The first kappa shape index (κ1) is 41.5. The second-order valence-corrected chi connectivity index (χ2v) is 14.6. The number of hydrogen-bond acceptors (Lipinski definition) is 9. The van der Waals surface area contributed by atoms with Crippen LogP contribution in [0.15, 0.2) is 59.5 Å². The molecule has 49 heavy (non-hydrogen) atoms. The summed E-state index contributed by atoms with van der Waals surface area (Å²) in [6.07, 6.45) is -3.36. The lowest BCUT2D eigenvalue weighted by molar-refractivity contribution is -0.175. The van der Waals surface area contributed by atoms with E-state index in [-0.39, 0.29) is 35.1 Å². The SMILES string of the molecule is CNC(CC(C)(C)C)C(=O)OC(C)C(=O)N(C)C(CC(C)(C)F)C(=O)OC(Cc1ccc(SC(F)(F)F)cc1)C(=O)OCc1ccccc1. The first-order valence-corrected chi connectivity index (χ1v) is 16.5. The van der Waals surface area contributed by atoms with Crippen LogP contribution in [0.3, 0.4) is 0 Å². The lowest BCUT2D eigenvalue weighted by Crippen LogP contribution is -2.51. The van der Waals surface area contributed by atoms with Crippen LogP contribution in [-0.4, -0.2) is 78.3 Å². The largest absolute Gasteiger partial charge is 0.458 e. The number of carbonyl (C=O) groups excluding carboxylic acids is 4. The summed E-state index contributed by atoms with van der Waals surface area (Å²) in [6, 6.07) is 11.5. The molecule has 4 unspecified atom stereocenters. The molecule has 14 heteroatoms. The summed E-state index contributed by atoms with van der Waals surface area (Å²) in [7, 11) is 2.82. The lowest BCUT2D eigenvalue weighted by Gasteiger charge is -2.32. The van der Waals surface area contributed by atoms with Crippen LogP contribution in [0.4, 0.5) is 17.6 Å². The van der Waals surface area contributed by atoms with Gasteiger partial charge in [0.05, 0.1) is 0 Å². The number of nitrogens with zero attached hydrogens (tertiary/aromatic N) is 1. The molecule has 1 N–H and O–H groups in total. The number of nitrogens with one attached hydrogen (secondary N) is 1. The van der Waals surface area contributed by atoms with Gasteiger partial charge in [0.15, 0.2) is 6.10 Å². The topological polar surface area (TPSA) is 111 Å². The zero-order valence-corrected chi connectivity index (χ0v) is 29.9. The fourth-order valence-electron chi connectivity index (χ4n) is 4.76. The van der Waals surface area contributed by atoms with Crippen LogP contribution in [-0.2, 0) is 46.4 Å². The molecule has 0 spiro atoms. The number of thioether (sulfide) groups is 1. The molecule has 0 saturated heterocycles. The van der Waals surface area contributed by atoms with Crippen LogP contribution in [0.2, 0.25) is 0 Å². The summed E-state index contributed by atoms with van der Waals surface area (Å²) in [5, 5.41) is 2.87. The Morgan fingerprint density at radius 1 is 0.816 bits per heavy atom. The van der Waals surface area contributed by atoms with E-state index in [2.05, 4.69) is 5.32 Å². The molecule has 0 radical (unpaired) electrons. The Morgan fingerprint density at radius 3 is 1.92 bits per heavy atom. The number of rotatable bonds is 16. The van der Waals surface area contributed by atoms with E-state index in [1.165, 1.54) is 52.1 Å². The third-order valence-corrected chi connectivity index (χ3v) is 7.92. The Morgan fingerprint density at radius 2 is 1.41 bits per heavy atom. The minimum absolute atomic E-state index is 0.0870. The number of halogens is 4. The zero-order chi connectivity index (χ0) is 37.2. The Kier molecular flexibility index (Phi) is 15.1. The molecule has 0 aliphatic rings. The van der Waals surface area contributed by atoms with E-state index in [4.69, 9.17) is 14.2 Å². The van der Waals surface area contributed by atoms with Crippen LogP contribution >= 0.6 is 11.8 Å². The predicted molar refractivity (Wildman–Crippen MR) is 177 cm³/mol. The first-order valence-electron chi connectivity index (χ1n) is 15.7. The predicted octanol–water partition coefficient (Wildman–Crippen LogP) is 6.42. The monoisotopic (exact) mass is 714 g/mol. The number of benzene rings is 2. The van der Waals surface area contributed by atoms with E-state index in [1.807, 2.05) is 20.8 Å². The third kappa shape index (κ3) is 15.2. The number of likely N-dealkylation sites (N-methyl/N-ethyl adjacent to an activating group) is 2. The molecule has 0 aromatic heterocycles. The van der Waals surface area contributed by atoms with E-state index >= 15 is 4.39 Å². The van der Waals surface area contributed by atoms with Crippen molar-refractivity contribution in [1.82, 2.24) is 10.2 Å². The number of alkyl halides is 4. The minimum Gasteiger partial charge on any atom is -0.458 e. The van der Waals surface area contributed by atoms with E-state index in [0.717, 1.165) is 4.90 Å². The van der Waals surface area contributed by atoms with E-state index < -0.39 is 65.7 Å².